The average molecular weight is 328 g/mol. The molecular formula is C18H20N2O4. The molecule has 6 heteroatoms. The summed E-state index contributed by atoms with van der Waals surface area (Å²) in [6.45, 7) is 4.50. The molecule has 0 radical (unpaired) electrons. The molecule has 0 aliphatic carbocycles. The van der Waals surface area contributed by atoms with Crippen molar-refractivity contribution in [2.75, 3.05) is 6.61 Å². The van der Waals surface area contributed by atoms with Crippen molar-refractivity contribution in [1.29, 1.82) is 10.5 Å². The number of ether oxygens (including phenoxy) is 3. The zero-order valence-electron chi connectivity index (χ0n) is 13.8. The Morgan fingerprint density at radius 2 is 1.58 bits per heavy atom. The van der Waals surface area contributed by atoms with Crippen molar-refractivity contribution in [2.45, 2.75) is 33.1 Å². The normalized spacial score (nSPS) is 9.00. The molecule has 2 aromatic rings. The zero-order valence-corrected chi connectivity index (χ0v) is 13.8. The van der Waals surface area contributed by atoms with Crippen molar-refractivity contribution >= 4 is 0 Å². The van der Waals surface area contributed by atoms with Gasteiger partial charge in [-0.2, -0.15) is 0 Å². The highest BCUT2D eigenvalue weighted by Crippen LogP contribution is 2.28. The maximum absolute atomic E-state index is 8.54. The van der Waals surface area contributed by atoms with Gasteiger partial charge in [0.2, 0.25) is 0 Å². The van der Waals surface area contributed by atoms with E-state index in [0.717, 1.165) is 25.0 Å². The van der Waals surface area contributed by atoms with Crippen LogP contribution in [-0.4, -0.2) is 6.61 Å². The van der Waals surface area contributed by atoms with Crippen LogP contribution >= 0.6 is 0 Å². The first-order valence-corrected chi connectivity index (χ1v) is 7.74. The van der Waals surface area contributed by atoms with Gasteiger partial charge in [-0.1, -0.05) is 13.8 Å². The molecule has 0 aliphatic rings. The van der Waals surface area contributed by atoms with Crippen molar-refractivity contribution in [3.8, 4) is 29.8 Å². The van der Waals surface area contributed by atoms with Crippen LogP contribution in [0.3, 0.4) is 0 Å². The molecule has 0 spiro atoms. The number of rotatable bonds is 8. The van der Waals surface area contributed by atoms with Crippen molar-refractivity contribution < 1.29 is 18.6 Å². The van der Waals surface area contributed by atoms with Gasteiger partial charge in [0.25, 0.3) is 12.5 Å². The Hall–Kier alpha value is -3.12. The highest BCUT2D eigenvalue weighted by Gasteiger charge is 2.05. The fourth-order valence-corrected chi connectivity index (χ4v) is 1.90. The van der Waals surface area contributed by atoms with E-state index in [1.807, 2.05) is 26.0 Å². The van der Waals surface area contributed by atoms with Gasteiger partial charge in [0.1, 0.15) is 23.0 Å². The molecule has 0 atom stereocenters. The Balaban J connectivity index is 0.00000139. The summed E-state index contributed by atoms with van der Waals surface area (Å²) in [7, 11) is 0. The topological polar surface area (TPSA) is 88.4 Å². The Labute approximate surface area is 141 Å². The molecule has 0 fully saturated rings. The summed E-state index contributed by atoms with van der Waals surface area (Å²) in [4.78, 5) is 0. The average Bonchev–Trinajstić information content (AvgIpc) is 3.10. The van der Waals surface area contributed by atoms with Crippen molar-refractivity contribution in [2.24, 2.45) is 0 Å². The Kier molecular flexibility index (Phi) is 9.03. The molecule has 0 N–H and O–H groups in total. The summed E-state index contributed by atoms with van der Waals surface area (Å²) in [5.41, 5.74) is 0. The van der Waals surface area contributed by atoms with Crippen LogP contribution in [0.25, 0.3) is 0 Å². The van der Waals surface area contributed by atoms with Gasteiger partial charge in [0.05, 0.1) is 12.9 Å². The molecule has 0 saturated carbocycles. The number of nitrogens with zero attached hydrogens (tertiary/aromatic N) is 2. The number of hydrogen-bond donors (Lipinski definition) is 0. The molecule has 0 bridgehead atoms. The van der Waals surface area contributed by atoms with Gasteiger partial charge in [-0.15, -0.1) is 10.5 Å². The van der Waals surface area contributed by atoms with Crippen LogP contribution in [0, 0.1) is 23.0 Å². The summed E-state index contributed by atoms with van der Waals surface area (Å²) < 4.78 is 20.3. The highest BCUT2D eigenvalue weighted by molar-refractivity contribution is 5.42. The van der Waals surface area contributed by atoms with Crippen LogP contribution in [0.1, 0.15) is 32.4 Å². The summed E-state index contributed by atoms with van der Waals surface area (Å²) in [6.07, 6.45) is 7.43. The van der Waals surface area contributed by atoms with E-state index in [4.69, 9.17) is 29.2 Å². The summed E-state index contributed by atoms with van der Waals surface area (Å²) >= 11 is 0. The van der Waals surface area contributed by atoms with Crippen molar-refractivity contribution in [3.05, 3.63) is 42.4 Å². The van der Waals surface area contributed by atoms with Crippen LogP contribution < -0.4 is 14.2 Å². The maximum atomic E-state index is 8.54. The molecule has 1 aromatic heterocycles. The quantitative estimate of drug-likeness (QED) is 0.526. The third-order valence-electron chi connectivity index (χ3n) is 2.85. The van der Waals surface area contributed by atoms with E-state index in [0.29, 0.717) is 12.4 Å². The van der Waals surface area contributed by atoms with Gasteiger partial charge < -0.3 is 18.6 Å². The molecular weight excluding hydrogens is 308 g/mol. The van der Waals surface area contributed by atoms with Gasteiger partial charge in [0, 0.05) is 24.6 Å². The lowest BCUT2D eigenvalue weighted by Gasteiger charge is -2.08. The number of aryl methyl sites for hydroxylation is 1. The monoisotopic (exact) mass is 328 g/mol. The predicted molar refractivity (Wildman–Crippen MR) is 87.4 cm³/mol. The lowest BCUT2D eigenvalue weighted by Crippen LogP contribution is -1.99. The second kappa shape index (κ2) is 11.4. The second-order valence-corrected chi connectivity index (χ2v) is 4.41. The molecule has 1 aromatic carbocycles. The first kappa shape index (κ1) is 18.9. The van der Waals surface area contributed by atoms with E-state index in [9.17, 15) is 0 Å². The molecule has 126 valence electrons. The third kappa shape index (κ3) is 6.76. The minimum Gasteiger partial charge on any atom is -0.493 e. The van der Waals surface area contributed by atoms with Crippen LogP contribution in [-0.2, 0) is 6.42 Å². The van der Waals surface area contributed by atoms with E-state index in [1.165, 1.54) is 6.07 Å². The second-order valence-electron chi connectivity index (χ2n) is 4.41. The summed E-state index contributed by atoms with van der Waals surface area (Å²) in [6, 6.07) is 8.38. The minimum absolute atomic E-state index is 0.265. The number of hydrogen-bond acceptors (Lipinski definition) is 6. The highest BCUT2D eigenvalue weighted by atomic mass is 16.5. The minimum atomic E-state index is 0.265. The lowest BCUT2D eigenvalue weighted by atomic mass is 10.2. The van der Waals surface area contributed by atoms with Crippen LogP contribution in [0.5, 0.6) is 17.2 Å². The SMILES string of the molecule is CC.N#COc1cc(OC#N)cc(OCCCCc2ccco2)c1. The molecule has 24 heavy (non-hydrogen) atoms. The van der Waals surface area contributed by atoms with Gasteiger partial charge in [-0.3, -0.25) is 0 Å². The van der Waals surface area contributed by atoms with E-state index in [1.54, 1.807) is 30.9 Å². The number of nitriles is 2. The summed E-state index contributed by atoms with van der Waals surface area (Å²) in [5, 5.41) is 17.1. The van der Waals surface area contributed by atoms with E-state index in [-0.39, 0.29) is 11.5 Å². The molecule has 0 saturated heterocycles. The Morgan fingerprint density at radius 3 is 2.12 bits per heavy atom. The molecule has 0 amide bonds. The maximum Gasteiger partial charge on any atom is 0.292 e. The van der Waals surface area contributed by atoms with Gasteiger partial charge in [-0.25, -0.2) is 0 Å². The fraction of sp³-hybridized carbons (Fsp3) is 0.333. The van der Waals surface area contributed by atoms with Gasteiger partial charge in [0.15, 0.2) is 0 Å². The van der Waals surface area contributed by atoms with Gasteiger partial charge >= 0.3 is 0 Å². The predicted octanol–water partition coefficient (Wildman–Crippen LogP) is 4.43. The number of furan rings is 1. The van der Waals surface area contributed by atoms with Crippen molar-refractivity contribution in [3.63, 3.8) is 0 Å². The Bertz CT molecular complexity index is 635. The van der Waals surface area contributed by atoms with Crippen LogP contribution in [0.2, 0.25) is 0 Å². The molecule has 2 rings (SSSR count). The van der Waals surface area contributed by atoms with E-state index >= 15 is 0 Å². The standard InChI is InChI=1S/C16H14N2O4.C2H6/c17-11-21-15-8-14(9-16(10-15)22-12-18)20-6-2-1-4-13-5-3-7-19-13;1-2/h3,5,7-10H,1-2,4,6H2;1-2H3. The smallest absolute Gasteiger partial charge is 0.292 e. The van der Waals surface area contributed by atoms with Crippen LogP contribution in [0.15, 0.2) is 41.0 Å². The first-order valence-electron chi connectivity index (χ1n) is 7.74. The third-order valence-corrected chi connectivity index (χ3v) is 2.85. The fourth-order valence-electron chi connectivity index (χ4n) is 1.90. The summed E-state index contributed by atoms with van der Waals surface area (Å²) in [5.74, 6) is 1.96. The number of unbranched alkanes of at least 4 members (excludes halogenated alkanes) is 1. The Morgan fingerprint density at radius 1 is 0.958 bits per heavy atom. The largest absolute Gasteiger partial charge is 0.493 e. The van der Waals surface area contributed by atoms with E-state index in [2.05, 4.69) is 0 Å². The van der Waals surface area contributed by atoms with Gasteiger partial charge in [-0.05, 0) is 25.0 Å². The zero-order chi connectivity index (χ0) is 17.6. The number of benzene rings is 1. The van der Waals surface area contributed by atoms with Crippen molar-refractivity contribution in [1.82, 2.24) is 0 Å². The van der Waals surface area contributed by atoms with E-state index < -0.39 is 0 Å². The molecule has 0 aliphatic heterocycles. The molecule has 0 unspecified atom stereocenters. The molecule has 6 nitrogen and oxygen atoms in total. The lowest BCUT2D eigenvalue weighted by molar-refractivity contribution is 0.302. The first-order chi connectivity index (χ1) is 11.8. The molecule has 1 heterocycles. The van der Waals surface area contributed by atoms with Crippen LogP contribution in [0.4, 0.5) is 0 Å².